The van der Waals surface area contributed by atoms with E-state index in [0.717, 1.165) is 22.1 Å². The van der Waals surface area contributed by atoms with Gasteiger partial charge in [0.25, 0.3) is 0 Å². The van der Waals surface area contributed by atoms with Crippen molar-refractivity contribution in [3.05, 3.63) is 46.7 Å². The normalized spacial score (nSPS) is 19.0. The van der Waals surface area contributed by atoms with Crippen molar-refractivity contribution in [2.75, 3.05) is 18.2 Å². The molecule has 0 saturated carbocycles. The van der Waals surface area contributed by atoms with E-state index in [2.05, 4.69) is 25.2 Å². The number of carbonyl (C=O) groups is 1. The van der Waals surface area contributed by atoms with E-state index in [1.807, 2.05) is 47.5 Å². The van der Waals surface area contributed by atoms with Crippen molar-refractivity contribution in [2.45, 2.75) is 32.9 Å². The summed E-state index contributed by atoms with van der Waals surface area (Å²) in [6.07, 6.45) is 0. The Morgan fingerprint density at radius 2 is 1.96 bits per heavy atom. The van der Waals surface area contributed by atoms with Gasteiger partial charge in [-0.1, -0.05) is 50.8 Å². The fraction of sp³-hybridized carbons (Fsp3) is 0.429. The lowest BCUT2D eigenvalue weighted by Gasteiger charge is -2.32. The number of rotatable bonds is 7. The summed E-state index contributed by atoms with van der Waals surface area (Å²) >= 11 is 8.78. The largest absolute Gasteiger partial charge is 0.497 e. The highest BCUT2D eigenvalue weighted by Gasteiger charge is 2.40. The second-order valence-corrected chi connectivity index (χ2v) is 9.88. The lowest BCUT2D eigenvalue weighted by atomic mass is 9.96. The molecule has 2 unspecified atom stereocenters. The Bertz CT molecular complexity index is 806. The third-order valence-electron chi connectivity index (χ3n) is 5.06. The number of nitrogens with zero attached hydrogens (tertiary/aromatic N) is 1. The van der Waals surface area contributed by atoms with Crippen molar-refractivity contribution in [3.8, 4) is 5.75 Å². The third kappa shape index (κ3) is 4.53. The first-order valence-corrected chi connectivity index (χ1v) is 11.6. The van der Waals surface area contributed by atoms with Gasteiger partial charge in [-0.05, 0) is 41.6 Å². The molecule has 1 aliphatic rings. The zero-order valence-electron chi connectivity index (χ0n) is 16.5. The van der Waals surface area contributed by atoms with Gasteiger partial charge in [0.05, 0.1) is 19.1 Å². The summed E-state index contributed by atoms with van der Waals surface area (Å²) in [7, 11) is 1.65. The molecule has 3 rings (SSSR count). The van der Waals surface area contributed by atoms with Crippen LogP contribution in [0, 0.1) is 11.8 Å². The number of ether oxygens (including phenoxy) is 1. The van der Waals surface area contributed by atoms with Gasteiger partial charge in [-0.15, -0.1) is 11.3 Å². The molecule has 2 heterocycles. The molecule has 0 radical (unpaired) electrons. The summed E-state index contributed by atoms with van der Waals surface area (Å²) in [5, 5.41) is 5.60. The number of methoxy groups -OCH3 is 1. The van der Waals surface area contributed by atoms with Gasteiger partial charge in [0.2, 0.25) is 5.91 Å². The van der Waals surface area contributed by atoms with Crippen LogP contribution in [0.1, 0.15) is 31.7 Å². The van der Waals surface area contributed by atoms with Crippen LogP contribution >= 0.6 is 35.3 Å². The molecule has 0 aliphatic carbocycles. The van der Waals surface area contributed by atoms with Crippen LogP contribution in [0.3, 0.4) is 0 Å². The Kier molecular flexibility index (Phi) is 7.01. The Hall–Kier alpha value is -1.57. The lowest BCUT2D eigenvalue weighted by Crippen LogP contribution is -2.46. The average Bonchev–Trinajstić information content (AvgIpc) is 3.35. The number of carbonyl (C=O) groups excluding carboxylic acids is 1. The van der Waals surface area contributed by atoms with Crippen molar-refractivity contribution in [1.82, 2.24) is 4.90 Å². The monoisotopic (exact) mass is 434 g/mol. The number of thioether (sulfide) groups is 1. The molecule has 150 valence electrons. The van der Waals surface area contributed by atoms with Crippen LogP contribution in [0.5, 0.6) is 5.75 Å². The SMILES string of the molecule is COc1ccc(NC(c2cccs2)C(C)C(=O)N2C(=S)SC[C@@H]2C(C)C)cc1. The quantitative estimate of drug-likeness (QED) is 0.589. The number of anilines is 1. The zero-order valence-corrected chi connectivity index (χ0v) is 19.0. The first-order chi connectivity index (χ1) is 13.4. The van der Waals surface area contributed by atoms with E-state index < -0.39 is 0 Å². The van der Waals surface area contributed by atoms with Crippen LogP contribution in [0.2, 0.25) is 0 Å². The van der Waals surface area contributed by atoms with E-state index in [1.165, 1.54) is 0 Å². The Morgan fingerprint density at radius 3 is 2.54 bits per heavy atom. The summed E-state index contributed by atoms with van der Waals surface area (Å²) in [5.41, 5.74) is 0.956. The predicted octanol–water partition coefficient (Wildman–Crippen LogP) is 5.43. The van der Waals surface area contributed by atoms with Crippen LogP contribution in [-0.4, -0.2) is 34.0 Å². The molecule has 1 N–H and O–H groups in total. The van der Waals surface area contributed by atoms with Crippen molar-refractivity contribution >= 4 is 51.2 Å². The van der Waals surface area contributed by atoms with Gasteiger partial charge >= 0.3 is 0 Å². The van der Waals surface area contributed by atoms with Crippen molar-refractivity contribution < 1.29 is 9.53 Å². The summed E-state index contributed by atoms with van der Waals surface area (Å²) in [4.78, 5) is 16.5. The first kappa shape index (κ1) is 21.1. The minimum absolute atomic E-state index is 0.0908. The van der Waals surface area contributed by atoms with Gasteiger partial charge in [-0.3, -0.25) is 9.69 Å². The second kappa shape index (κ2) is 9.29. The molecule has 3 atom stereocenters. The fourth-order valence-electron chi connectivity index (χ4n) is 3.32. The van der Waals surface area contributed by atoms with Crippen molar-refractivity contribution in [2.24, 2.45) is 11.8 Å². The highest BCUT2D eigenvalue weighted by molar-refractivity contribution is 8.23. The van der Waals surface area contributed by atoms with Gasteiger partial charge in [-0.2, -0.15) is 0 Å². The average molecular weight is 435 g/mol. The van der Waals surface area contributed by atoms with Crippen LogP contribution in [0.4, 0.5) is 5.69 Å². The highest BCUT2D eigenvalue weighted by atomic mass is 32.2. The minimum atomic E-state index is -0.251. The molecule has 7 heteroatoms. The number of thiophene rings is 1. The number of nitrogens with one attached hydrogen (secondary N) is 1. The molecule has 1 aromatic heterocycles. The molecule has 2 aromatic rings. The number of hydrogen-bond acceptors (Lipinski definition) is 6. The van der Waals surface area contributed by atoms with Crippen LogP contribution in [0.25, 0.3) is 0 Å². The number of hydrogen-bond donors (Lipinski definition) is 1. The lowest BCUT2D eigenvalue weighted by molar-refractivity contribution is -0.133. The van der Waals surface area contributed by atoms with Gasteiger partial charge in [0.15, 0.2) is 0 Å². The number of amides is 1. The maximum Gasteiger partial charge on any atom is 0.233 e. The molecular weight excluding hydrogens is 408 g/mol. The summed E-state index contributed by atoms with van der Waals surface area (Å²) in [5.74, 6) is 1.90. The Labute approximate surface area is 180 Å². The molecule has 0 spiro atoms. The Morgan fingerprint density at radius 1 is 1.25 bits per heavy atom. The van der Waals surface area contributed by atoms with Crippen LogP contribution < -0.4 is 10.1 Å². The molecule has 1 aliphatic heterocycles. The van der Waals surface area contributed by atoms with Crippen molar-refractivity contribution in [3.63, 3.8) is 0 Å². The van der Waals surface area contributed by atoms with Crippen LogP contribution in [-0.2, 0) is 4.79 Å². The highest BCUT2D eigenvalue weighted by Crippen LogP contribution is 2.36. The zero-order chi connectivity index (χ0) is 20.3. The van der Waals surface area contributed by atoms with E-state index >= 15 is 0 Å². The molecule has 4 nitrogen and oxygen atoms in total. The topological polar surface area (TPSA) is 41.6 Å². The number of thiocarbonyl (C=S) groups is 1. The van der Waals surface area contributed by atoms with Gasteiger partial charge in [0, 0.05) is 22.4 Å². The van der Waals surface area contributed by atoms with E-state index in [1.54, 1.807) is 30.2 Å². The second-order valence-electron chi connectivity index (χ2n) is 7.25. The predicted molar refractivity (Wildman–Crippen MR) is 123 cm³/mol. The third-order valence-corrected chi connectivity index (χ3v) is 7.52. The van der Waals surface area contributed by atoms with E-state index in [0.29, 0.717) is 10.2 Å². The maximum absolute atomic E-state index is 13.5. The van der Waals surface area contributed by atoms with E-state index in [9.17, 15) is 4.79 Å². The molecule has 1 aromatic carbocycles. The molecule has 1 saturated heterocycles. The molecule has 1 fully saturated rings. The van der Waals surface area contributed by atoms with E-state index in [-0.39, 0.29) is 23.9 Å². The molecular formula is C21H26N2O2S3. The first-order valence-electron chi connectivity index (χ1n) is 9.36. The Balaban J connectivity index is 1.85. The molecule has 28 heavy (non-hydrogen) atoms. The van der Waals surface area contributed by atoms with E-state index in [4.69, 9.17) is 17.0 Å². The summed E-state index contributed by atoms with van der Waals surface area (Å²) < 4.78 is 5.94. The summed E-state index contributed by atoms with van der Waals surface area (Å²) in [6, 6.07) is 11.9. The van der Waals surface area contributed by atoms with Gasteiger partial charge in [-0.25, -0.2) is 0 Å². The minimum Gasteiger partial charge on any atom is -0.497 e. The van der Waals surface area contributed by atoms with Crippen LogP contribution in [0.15, 0.2) is 41.8 Å². The van der Waals surface area contributed by atoms with Gasteiger partial charge in [0.1, 0.15) is 10.1 Å². The van der Waals surface area contributed by atoms with Crippen molar-refractivity contribution in [1.29, 1.82) is 0 Å². The summed E-state index contributed by atoms with van der Waals surface area (Å²) in [6.45, 7) is 6.29. The number of benzene rings is 1. The van der Waals surface area contributed by atoms with Gasteiger partial charge < -0.3 is 10.1 Å². The molecule has 0 bridgehead atoms. The smallest absolute Gasteiger partial charge is 0.233 e. The maximum atomic E-state index is 13.5. The standard InChI is InChI=1S/C21H26N2O2S3/c1-13(2)17-12-28-21(26)23(17)20(24)14(3)19(18-6-5-11-27-18)22-15-7-9-16(25-4)10-8-15/h5-11,13-14,17,19,22H,12H2,1-4H3/t14?,17-,19?/m1/s1. The fourth-order valence-corrected chi connectivity index (χ4v) is 5.84. The molecule has 1 amide bonds.